The highest BCUT2D eigenvalue weighted by Gasteiger charge is 2.02. The fourth-order valence-electron chi connectivity index (χ4n) is 1.67. The highest BCUT2D eigenvalue weighted by Crippen LogP contribution is 2.12. The van der Waals surface area contributed by atoms with Crippen molar-refractivity contribution in [2.75, 3.05) is 0 Å². The number of carboxylic acid groups (broad SMARTS) is 1. The van der Waals surface area contributed by atoms with Crippen molar-refractivity contribution in [1.82, 2.24) is 0 Å². The third kappa shape index (κ3) is 6.40. The van der Waals surface area contributed by atoms with Crippen LogP contribution >= 0.6 is 0 Å². The Morgan fingerprint density at radius 1 is 0.880 bits per heavy atom. The van der Waals surface area contributed by atoms with Crippen LogP contribution in [0.15, 0.2) is 53.5 Å². The highest BCUT2D eigenvalue weighted by atomic mass is 16.4. The van der Waals surface area contributed by atoms with E-state index in [1.807, 2.05) is 0 Å². The molecular formula is C16H18N6O3. The van der Waals surface area contributed by atoms with Crippen LogP contribution in [0.1, 0.15) is 26.3 Å². The minimum absolute atomic E-state index is 0.0527. The van der Waals surface area contributed by atoms with Gasteiger partial charge in [0, 0.05) is 11.1 Å². The number of aromatic carboxylic acids is 1. The highest BCUT2D eigenvalue weighted by molar-refractivity contribution is 5.99. The second kappa shape index (κ2) is 8.67. The summed E-state index contributed by atoms with van der Waals surface area (Å²) < 4.78 is 0. The Kier molecular flexibility index (Phi) is 6.65. The van der Waals surface area contributed by atoms with Crippen molar-refractivity contribution in [1.29, 1.82) is 5.41 Å². The molecule has 9 nitrogen and oxygen atoms in total. The molecule has 1 amide bonds. The quantitative estimate of drug-likeness (QED) is 0.342. The van der Waals surface area contributed by atoms with E-state index in [4.69, 9.17) is 33.5 Å². The van der Waals surface area contributed by atoms with Gasteiger partial charge in [0.2, 0.25) is 5.91 Å². The van der Waals surface area contributed by atoms with E-state index in [0.29, 0.717) is 16.8 Å². The monoisotopic (exact) mass is 342 g/mol. The van der Waals surface area contributed by atoms with Gasteiger partial charge in [0.25, 0.3) is 0 Å². The van der Waals surface area contributed by atoms with E-state index in [9.17, 15) is 9.59 Å². The molecule has 10 N–H and O–H groups in total. The van der Waals surface area contributed by atoms with Crippen LogP contribution < -0.4 is 22.9 Å². The summed E-state index contributed by atoms with van der Waals surface area (Å²) in [6.45, 7) is 0. The lowest BCUT2D eigenvalue weighted by molar-refractivity contribution is 0.0696. The molecule has 2 aromatic rings. The summed E-state index contributed by atoms with van der Waals surface area (Å²) in [7, 11) is 0. The summed E-state index contributed by atoms with van der Waals surface area (Å²) in [5, 5.41) is 15.7. The molecule has 25 heavy (non-hydrogen) atoms. The zero-order valence-corrected chi connectivity index (χ0v) is 13.1. The molecule has 0 saturated heterocycles. The number of carbonyl (C=O) groups is 2. The number of nitrogens with zero attached hydrogens (tertiary/aromatic N) is 1. The molecule has 2 aromatic carbocycles. The minimum Gasteiger partial charge on any atom is -0.478 e. The Balaban J connectivity index is 0.000000251. The predicted octanol–water partition coefficient (Wildman–Crippen LogP) is 0.359. The average Bonchev–Trinajstić information content (AvgIpc) is 2.55. The van der Waals surface area contributed by atoms with Crippen molar-refractivity contribution in [2.24, 2.45) is 27.9 Å². The molecule has 0 aromatic heterocycles. The second-order valence-corrected chi connectivity index (χ2v) is 4.75. The number of primary amides is 1. The molecule has 0 unspecified atom stereocenters. The molecular weight excluding hydrogens is 324 g/mol. The van der Waals surface area contributed by atoms with Gasteiger partial charge in [0.05, 0.1) is 11.3 Å². The molecule has 0 atom stereocenters. The van der Waals surface area contributed by atoms with E-state index in [2.05, 4.69) is 4.99 Å². The fourth-order valence-corrected chi connectivity index (χ4v) is 1.67. The molecule has 0 saturated carbocycles. The number of hydrogen-bond donors (Lipinski definition) is 6. The van der Waals surface area contributed by atoms with Gasteiger partial charge in [-0.2, -0.15) is 0 Å². The number of carbonyl (C=O) groups excluding carboxylic acids is 1. The third-order valence-corrected chi connectivity index (χ3v) is 2.83. The Labute approximate surface area is 143 Å². The first-order valence-corrected chi connectivity index (χ1v) is 6.88. The van der Waals surface area contributed by atoms with Gasteiger partial charge in [0.15, 0.2) is 5.96 Å². The van der Waals surface area contributed by atoms with Gasteiger partial charge >= 0.3 is 5.97 Å². The van der Waals surface area contributed by atoms with Gasteiger partial charge in [0.1, 0.15) is 5.84 Å². The van der Waals surface area contributed by atoms with Gasteiger partial charge in [-0.1, -0.05) is 12.1 Å². The molecule has 0 fully saturated rings. The molecule has 0 bridgehead atoms. The number of rotatable bonds is 4. The van der Waals surface area contributed by atoms with Crippen LogP contribution in [0, 0.1) is 5.41 Å². The molecule has 9 heteroatoms. The third-order valence-electron chi connectivity index (χ3n) is 2.83. The Morgan fingerprint density at radius 2 is 1.44 bits per heavy atom. The van der Waals surface area contributed by atoms with E-state index >= 15 is 0 Å². The molecule has 0 radical (unpaired) electrons. The largest absolute Gasteiger partial charge is 0.478 e. The summed E-state index contributed by atoms with van der Waals surface area (Å²) in [5.41, 5.74) is 22.1. The molecule has 0 aliphatic carbocycles. The summed E-state index contributed by atoms with van der Waals surface area (Å²) in [6, 6.07) is 12.3. The number of amidine groups is 1. The number of benzene rings is 2. The van der Waals surface area contributed by atoms with Gasteiger partial charge < -0.3 is 28.0 Å². The van der Waals surface area contributed by atoms with Crippen LogP contribution in [0.25, 0.3) is 0 Å². The van der Waals surface area contributed by atoms with Crippen LogP contribution in [-0.2, 0) is 0 Å². The molecule has 2 rings (SSSR count). The van der Waals surface area contributed by atoms with Crippen molar-refractivity contribution in [3.05, 3.63) is 65.2 Å². The first-order chi connectivity index (χ1) is 11.7. The number of nitrogen functional groups attached to an aromatic ring is 1. The zero-order chi connectivity index (χ0) is 19.0. The average molecular weight is 342 g/mol. The van der Waals surface area contributed by atoms with Gasteiger partial charge in [-0.15, -0.1) is 0 Å². The molecule has 0 heterocycles. The van der Waals surface area contributed by atoms with Gasteiger partial charge in [-0.3, -0.25) is 10.2 Å². The lowest BCUT2D eigenvalue weighted by atomic mass is 10.1. The van der Waals surface area contributed by atoms with Crippen molar-refractivity contribution in [3.8, 4) is 0 Å². The van der Waals surface area contributed by atoms with Gasteiger partial charge in [-0.25, -0.2) is 9.79 Å². The van der Waals surface area contributed by atoms with Crippen molar-refractivity contribution < 1.29 is 14.7 Å². The number of nitrogens with two attached hydrogens (primary N) is 4. The van der Waals surface area contributed by atoms with Crippen LogP contribution in [0.3, 0.4) is 0 Å². The van der Waals surface area contributed by atoms with Crippen molar-refractivity contribution in [3.63, 3.8) is 0 Å². The van der Waals surface area contributed by atoms with E-state index in [1.54, 1.807) is 18.2 Å². The standard InChI is InChI=1S/C8H9N3O2.C8H9N3O/c9-8(10)11-6-3-1-5(2-4-6)7(12)13;9-7(10)5-2-1-3-6(4-5)8(11)12/h1-4H,(H,12,13)(H4,9,10,11);1-4H,(H3,9,10)(H2,11,12). The minimum atomic E-state index is -0.976. The van der Waals surface area contributed by atoms with Crippen LogP contribution in [0.4, 0.5) is 5.69 Å². The lowest BCUT2D eigenvalue weighted by Crippen LogP contribution is -2.21. The smallest absolute Gasteiger partial charge is 0.335 e. The molecule has 130 valence electrons. The van der Waals surface area contributed by atoms with E-state index < -0.39 is 11.9 Å². The summed E-state index contributed by atoms with van der Waals surface area (Å²) in [5.74, 6) is -1.62. The maximum Gasteiger partial charge on any atom is 0.335 e. The van der Waals surface area contributed by atoms with Crippen LogP contribution in [-0.4, -0.2) is 28.8 Å². The number of hydrogen-bond acceptors (Lipinski definition) is 4. The normalized spacial score (nSPS) is 9.28. The number of aliphatic imine (C=N–C) groups is 1. The first kappa shape index (κ1) is 19.2. The number of nitrogens with one attached hydrogen (secondary N) is 1. The Hall–Kier alpha value is -3.88. The number of carboxylic acids is 1. The molecule has 0 aliphatic rings. The Morgan fingerprint density at radius 3 is 1.88 bits per heavy atom. The summed E-state index contributed by atoms with van der Waals surface area (Å²) in [4.78, 5) is 24.9. The second-order valence-electron chi connectivity index (χ2n) is 4.75. The van der Waals surface area contributed by atoms with E-state index in [-0.39, 0.29) is 17.4 Å². The molecule has 0 aliphatic heterocycles. The van der Waals surface area contributed by atoms with Crippen LogP contribution in [0.2, 0.25) is 0 Å². The topological polar surface area (TPSA) is 195 Å². The Bertz CT molecular complexity index is 782. The molecule has 0 spiro atoms. The summed E-state index contributed by atoms with van der Waals surface area (Å²) >= 11 is 0. The van der Waals surface area contributed by atoms with Gasteiger partial charge in [-0.05, 0) is 36.4 Å². The fraction of sp³-hybridized carbons (Fsp3) is 0. The van der Waals surface area contributed by atoms with Crippen molar-refractivity contribution in [2.45, 2.75) is 0 Å². The SMILES string of the molecule is N=C(N)c1cccc(C(N)=O)c1.NC(N)=Nc1ccc(C(=O)O)cc1. The van der Waals surface area contributed by atoms with Crippen molar-refractivity contribution >= 4 is 29.4 Å². The van der Waals surface area contributed by atoms with E-state index in [1.165, 1.54) is 30.3 Å². The predicted molar refractivity (Wildman–Crippen MR) is 94.8 cm³/mol. The van der Waals surface area contributed by atoms with E-state index in [0.717, 1.165) is 0 Å². The zero-order valence-electron chi connectivity index (χ0n) is 13.1. The first-order valence-electron chi connectivity index (χ1n) is 6.88. The maximum atomic E-state index is 10.7. The number of amides is 1. The lowest BCUT2D eigenvalue weighted by Gasteiger charge is -1.99. The maximum absolute atomic E-state index is 10.7. The summed E-state index contributed by atoms with van der Waals surface area (Å²) in [6.07, 6.45) is 0. The van der Waals surface area contributed by atoms with Crippen LogP contribution in [0.5, 0.6) is 0 Å². The number of guanidine groups is 1.